The van der Waals surface area contributed by atoms with E-state index in [9.17, 15) is 14.7 Å². The highest BCUT2D eigenvalue weighted by atomic mass is 16.4. The summed E-state index contributed by atoms with van der Waals surface area (Å²) in [6.07, 6.45) is 1.35. The molecule has 0 radical (unpaired) electrons. The van der Waals surface area contributed by atoms with Crippen LogP contribution < -0.4 is 0 Å². The van der Waals surface area contributed by atoms with E-state index in [-0.39, 0.29) is 11.4 Å². The van der Waals surface area contributed by atoms with E-state index in [0.717, 1.165) is 4.90 Å². The molecule has 6 heteroatoms. The number of aromatic hydroxyl groups is 1. The van der Waals surface area contributed by atoms with E-state index < -0.39 is 17.9 Å². The average molecular weight is 224 g/mol. The molecular weight excluding hydrogens is 212 g/mol. The number of hydrogen-bond acceptors (Lipinski definition) is 4. The fourth-order valence-electron chi connectivity index (χ4n) is 1.07. The number of nitrogens with zero attached hydrogens (tertiary/aromatic N) is 2. The molecule has 0 bridgehead atoms. The molecule has 0 aliphatic heterocycles. The lowest BCUT2D eigenvalue weighted by molar-refractivity contribution is -0.141. The number of aliphatic carboxylic acids is 1. The van der Waals surface area contributed by atoms with Crippen molar-refractivity contribution in [1.82, 2.24) is 9.88 Å². The molecule has 0 aliphatic rings. The third-order valence-corrected chi connectivity index (χ3v) is 2.25. The Hall–Kier alpha value is -2.11. The van der Waals surface area contributed by atoms with Crippen molar-refractivity contribution in [3.8, 4) is 5.75 Å². The highest BCUT2D eigenvalue weighted by Gasteiger charge is 2.25. The van der Waals surface area contributed by atoms with Crippen LogP contribution in [0.3, 0.4) is 0 Å². The van der Waals surface area contributed by atoms with Gasteiger partial charge in [-0.05, 0) is 19.1 Å². The van der Waals surface area contributed by atoms with Gasteiger partial charge < -0.3 is 15.1 Å². The summed E-state index contributed by atoms with van der Waals surface area (Å²) in [6.45, 7) is 1.38. The number of carboxylic acids is 1. The van der Waals surface area contributed by atoms with Crippen LogP contribution in [-0.4, -0.2) is 45.1 Å². The zero-order valence-electron chi connectivity index (χ0n) is 8.91. The molecule has 1 amide bonds. The quantitative estimate of drug-likeness (QED) is 0.772. The lowest BCUT2D eigenvalue weighted by Gasteiger charge is -2.21. The highest BCUT2D eigenvalue weighted by molar-refractivity contribution is 5.96. The van der Waals surface area contributed by atoms with Crippen LogP contribution in [0, 0.1) is 0 Å². The fraction of sp³-hybridized carbons (Fsp3) is 0.300. The first kappa shape index (κ1) is 12.0. The van der Waals surface area contributed by atoms with Gasteiger partial charge in [-0.1, -0.05) is 0 Å². The Morgan fingerprint density at radius 2 is 2.12 bits per heavy atom. The van der Waals surface area contributed by atoms with Crippen molar-refractivity contribution in [2.75, 3.05) is 7.05 Å². The summed E-state index contributed by atoms with van der Waals surface area (Å²) in [6, 6.07) is 1.82. The van der Waals surface area contributed by atoms with Gasteiger partial charge in [-0.2, -0.15) is 0 Å². The van der Waals surface area contributed by atoms with E-state index >= 15 is 0 Å². The van der Waals surface area contributed by atoms with E-state index in [2.05, 4.69) is 4.98 Å². The molecule has 1 aromatic heterocycles. The SMILES string of the molecule is CC(C(=O)O)N(C)C(=O)c1ncccc1O. The predicted octanol–water partition coefficient (Wildman–Crippen LogP) is 0.332. The number of carboxylic acid groups (broad SMARTS) is 1. The van der Waals surface area contributed by atoms with Crippen LogP contribution in [0.25, 0.3) is 0 Å². The lowest BCUT2D eigenvalue weighted by atomic mass is 10.2. The second-order valence-corrected chi connectivity index (χ2v) is 3.30. The van der Waals surface area contributed by atoms with Gasteiger partial charge in [-0.25, -0.2) is 9.78 Å². The van der Waals surface area contributed by atoms with Gasteiger partial charge >= 0.3 is 5.97 Å². The van der Waals surface area contributed by atoms with Gasteiger partial charge in [0.25, 0.3) is 5.91 Å². The normalized spacial score (nSPS) is 11.9. The maximum atomic E-state index is 11.8. The molecule has 1 unspecified atom stereocenters. The van der Waals surface area contributed by atoms with E-state index in [1.54, 1.807) is 0 Å². The minimum atomic E-state index is -1.12. The molecule has 2 N–H and O–H groups in total. The Morgan fingerprint density at radius 1 is 1.50 bits per heavy atom. The molecule has 86 valence electrons. The summed E-state index contributed by atoms with van der Waals surface area (Å²) in [7, 11) is 1.34. The zero-order valence-corrected chi connectivity index (χ0v) is 8.91. The highest BCUT2D eigenvalue weighted by Crippen LogP contribution is 2.15. The molecule has 16 heavy (non-hydrogen) atoms. The van der Waals surface area contributed by atoms with Crippen molar-refractivity contribution in [2.45, 2.75) is 13.0 Å². The second-order valence-electron chi connectivity index (χ2n) is 3.30. The predicted molar refractivity (Wildman–Crippen MR) is 55.1 cm³/mol. The summed E-state index contributed by atoms with van der Waals surface area (Å²) in [5, 5.41) is 18.1. The number of pyridine rings is 1. The van der Waals surface area contributed by atoms with Crippen LogP contribution in [-0.2, 0) is 4.79 Å². The molecule has 6 nitrogen and oxygen atoms in total. The Labute approximate surface area is 92.1 Å². The molecule has 1 atom stereocenters. The van der Waals surface area contributed by atoms with Crippen LogP contribution in [0.5, 0.6) is 5.75 Å². The van der Waals surface area contributed by atoms with Crippen molar-refractivity contribution in [1.29, 1.82) is 0 Å². The van der Waals surface area contributed by atoms with Gasteiger partial charge in [-0.15, -0.1) is 0 Å². The smallest absolute Gasteiger partial charge is 0.326 e. The topological polar surface area (TPSA) is 90.7 Å². The first-order valence-electron chi connectivity index (χ1n) is 4.59. The minimum Gasteiger partial charge on any atom is -0.505 e. The molecule has 0 saturated heterocycles. The van der Waals surface area contributed by atoms with Crippen LogP contribution in [0.2, 0.25) is 0 Å². The van der Waals surface area contributed by atoms with Crippen LogP contribution in [0.15, 0.2) is 18.3 Å². The summed E-state index contributed by atoms with van der Waals surface area (Å²) < 4.78 is 0. The fourth-order valence-corrected chi connectivity index (χ4v) is 1.07. The molecule has 0 aliphatic carbocycles. The molecule has 1 aromatic rings. The van der Waals surface area contributed by atoms with Gasteiger partial charge in [0.15, 0.2) is 5.69 Å². The van der Waals surface area contributed by atoms with E-state index in [1.807, 2.05) is 0 Å². The van der Waals surface area contributed by atoms with Crippen molar-refractivity contribution in [3.05, 3.63) is 24.0 Å². The van der Waals surface area contributed by atoms with Gasteiger partial charge in [-0.3, -0.25) is 4.79 Å². The zero-order chi connectivity index (χ0) is 12.3. The molecular formula is C10H12N2O4. The Bertz CT molecular complexity index is 419. The summed E-state index contributed by atoms with van der Waals surface area (Å²) in [5.41, 5.74) is -0.155. The molecule has 0 spiro atoms. The number of carbonyl (C=O) groups is 2. The van der Waals surface area contributed by atoms with Crippen LogP contribution >= 0.6 is 0 Å². The van der Waals surface area contributed by atoms with Crippen molar-refractivity contribution >= 4 is 11.9 Å². The van der Waals surface area contributed by atoms with Crippen molar-refractivity contribution < 1.29 is 19.8 Å². The van der Waals surface area contributed by atoms with Crippen molar-refractivity contribution in [3.63, 3.8) is 0 Å². The number of likely N-dealkylation sites (N-methyl/N-ethyl adjacent to an activating group) is 1. The van der Waals surface area contributed by atoms with E-state index in [4.69, 9.17) is 5.11 Å². The van der Waals surface area contributed by atoms with Gasteiger partial charge in [0.1, 0.15) is 11.8 Å². The van der Waals surface area contributed by atoms with Crippen LogP contribution in [0.4, 0.5) is 0 Å². The van der Waals surface area contributed by atoms with Crippen LogP contribution in [0.1, 0.15) is 17.4 Å². The number of aromatic nitrogens is 1. The standard InChI is InChI=1S/C10H12N2O4/c1-6(10(15)16)12(2)9(14)8-7(13)4-3-5-11-8/h3-6,13H,1-2H3,(H,15,16). The van der Waals surface area contributed by atoms with Gasteiger partial charge in [0, 0.05) is 13.2 Å². The Morgan fingerprint density at radius 3 is 2.62 bits per heavy atom. The maximum absolute atomic E-state index is 11.8. The summed E-state index contributed by atoms with van der Waals surface area (Å²) >= 11 is 0. The number of rotatable bonds is 3. The molecule has 1 rings (SSSR count). The first-order valence-corrected chi connectivity index (χ1v) is 4.59. The molecule has 0 aromatic carbocycles. The third kappa shape index (κ3) is 2.28. The van der Waals surface area contributed by atoms with Crippen molar-refractivity contribution in [2.24, 2.45) is 0 Å². The number of amides is 1. The van der Waals surface area contributed by atoms with E-state index in [1.165, 1.54) is 32.3 Å². The molecule has 0 saturated carbocycles. The Kier molecular flexibility index (Phi) is 3.44. The largest absolute Gasteiger partial charge is 0.505 e. The average Bonchev–Trinajstić information content (AvgIpc) is 2.26. The minimum absolute atomic E-state index is 0.155. The third-order valence-electron chi connectivity index (χ3n) is 2.25. The van der Waals surface area contributed by atoms with Gasteiger partial charge in [0.05, 0.1) is 0 Å². The maximum Gasteiger partial charge on any atom is 0.326 e. The molecule has 1 heterocycles. The summed E-state index contributed by atoms with van der Waals surface area (Å²) in [4.78, 5) is 27.1. The number of carbonyl (C=O) groups excluding carboxylic acids is 1. The lowest BCUT2D eigenvalue weighted by Crippen LogP contribution is -2.40. The summed E-state index contributed by atoms with van der Waals surface area (Å²) in [5.74, 6) is -2.02. The monoisotopic (exact) mass is 224 g/mol. The van der Waals surface area contributed by atoms with Gasteiger partial charge in [0.2, 0.25) is 0 Å². The second kappa shape index (κ2) is 4.61. The molecule has 0 fully saturated rings. The van der Waals surface area contributed by atoms with E-state index in [0.29, 0.717) is 0 Å². The number of hydrogen-bond donors (Lipinski definition) is 2. The first-order chi connectivity index (χ1) is 7.45. The Balaban J connectivity index is 2.95.